The lowest BCUT2D eigenvalue weighted by Gasteiger charge is -2.27. The second-order valence-electron chi connectivity index (χ2n) is 9.65. The Hall–Kier alpha value is -4.10. The summed E-state index contributed by atoms with van der Waals surface area (Å²) in [5.41, 5.74) is 12.8. The summed E-state index contributed by atoms with van der Waals surface area (Å²) in [7, 11) is -3.72. The predicted molar refractivity (Wildman–Crippen MR) is 151 cm³/mol. The number of ether oxygens (including phenoxy) is 1. The van der Waals surface area contributed by atoms with Crippen LogP contribution in [0.2, 0.25) is 0 Å². The number of benzene rings is 2. The Bertz CT molecular complexity index is 1510. The molecule has 1 saturated carbocycles. The molecule has 0 radical (unpaired) electrons. The Morgan fingerprint density at radius 3 is 2.48 bits per heavy atom. The predicted octanol–water partition coefficient (Wildman–Crippen LogP) is 2.78. The second-order valence-corrected chi connectivity index (χ2v) is 11.8. The fourth-order valence-electron chi connectivity index (χ4n) is 4.90. The van der Waals surface area contributed by atoms with E-state index >= 15 is 0 Å². The summed E-state index contributed by atoms with van der Waals surface area (Å²) in [6.45, 7) is 1.65. The van der Waals surface area contributed by atoms with Crippen molar-refractivity contribution in [3.8, 4) is 0 Å². The van der Waals surface area contributed by atoms with Crippen molar-refractivity contribution in [1.82, 2.24) is 9.88 Å². The van der Waals surface area contributed by atoms with Gasteiger partial charge in [-0.25, -0.2) is 13.2 Å². The Morgan fingerprint density at radius 2 is 1.82 bits per heavy atom. The number of nitrogens with two attached hydrogens (primary N) is 2. The minimum Gasteiger partial charge on any atom is -0.450 e. The van der Waals surface area contributed by atoms with Gasteiger partial charge in [0.2, 0.25) is 0 Å². The van der Waals surface area contributed by atoms with Crippen LogP contribution in [0.5, 0.6) is 0 Å². The molecule has 0 unspecified atom stereocenters. The summed E-state index contributed by atoms with van der Waals surface area (Å²) in [6.07, 6.45) is 2.16. The highest BCUT2D eigenvalue weighted by atomic mass is 32.2. The summed E-state index contributed by atoms with van der Waals surface area (Å²) in [5.74, 6) is -0.978. The number of carbonyl (C=O) groups is 2. The van der Waals surface area contributed by atoms with Gasteiger partial charge >= 0.3 is 6.09 Å². The number of aromatic nitrogens is 1. The number of rotatable bonds is 9. The maximum atomic E-state index is 13.8. The molecule has 4 rings (SSSR count). The molecule has 1 aliphatic carbocycles. The molecule has 40 heavy (non-hydrogen) atoms. The standard InChI is InChI=1S/C27H34N6O6S/c1-2-39-27(35)31-23-21-13-8-17(25(29)32-36)16-22(21)33(14-15-40(37,38)20-6-4-3-5-7-20)24(23)26(34)30-19-11-9-18(28)10-12-19/h3-8,13,16,18-19,36H,2,9-12,14-15,28H2,1H3,(H2,29,32)(H,30,34)(H,31,35)/t18-,19-. The fraction of sp³-hybridized carbons (Fsp3) is 0.370. The van der Waals surface area contributed by atoms with Gasteiger partial charge in [0.1, 0.15) is 5.69 Å². The number of nitrogens with zero attached hydrogens (tertiary/aromatic N) is 2. The molecule has 0 spiro atoms. The summed E-state index contributed by atoms with van der Waals surface area (Å²) in [4.78, 5) is 26.5. The van der Waals surface area contributed by atoms with Crippen LogP contribution in [-0.4, -0.2) is 60.5 Å². The van der Waals surface area contributed by atoms with Crippen molar-refractivity contribution >= 4 is 44.3 Å². The van der Waals surface area contributed by atoms with Crippen molar-refractivity contribution in [2.75, 3.05) is 17.7 Å². The van der Waals surface area contributed by atoms with Crippen molar-refractivity contribution in [2.24, 2.45) is 16.6 Å². The van der Waals surface area contributed by atoms with E-state index in [0.717, 1.165) is 12.8 Å². The fourth-order valence-corrected chi connectivity index (χ4v) is 6.14. The lowest BCUT2D eigenvalue weighted by atomic mass is 9.92. The smallest absolute Gasteiger partial charge is 0.411 e. The van der Waals surface area contributed by atoms with Gasteiger partial charge in [0, 0.05) is 29.6 Å². The number of amides is 2. The molecule has 1 aliphatic rings. The lowest BCUT2D eigenvalue weighted by Crippen LogP contribution is -2.41. The van der Waals surface area contributed by atoms with E-state index in [0.29, 0.717) is 29.3 Å². The molecule has 13 heteroatoms. The van der Waals surface area contributed by atoms with Crippen LogP contribution in [0.4, 0.5) is 10.5 Å². The van der Waals surface area contributed by atoms with Gasteiger partial charge in [0.05, 0.1) is 28.5 Å². The molecule has 3 aromatic rings. The topological polar surface area (TPSA) is 191 Å². The first-order valence-corrected chi connectivity index (χ1v) is 14.7. The van der Waals surface area contributed by atoms with Gasteiger partial charge in [-0.3, -0.25) is 10.1 Å². The van der Waals surface area contributed by atoms with Crippen LogP contribution >= 0.6 is 0 Å². The first kappa shape index (κ1) is 28.9. The minimum atomic E-state index is -3.72. The van der Waals surface area contributed by atoms with E-state index in [4.69, 9.17) is 16.2 Å². The van der Waals surface area contributed by atoms with E-state index in [-0.39, 0.29) is 53.1 Å². The number of hydrogen-bond acceptors (Lipinski definition) is 8. The summed E-state index contributed by atoms with van der Waals surface area (Å²) >= 11 is 0. The van der Waals surface area contributed by atoms with Gasteiger partial charge in [-0.1, -0.05) is 29.4 Å². The van der Waals surface area contributed by atoms with Gasteiger partial charge in [-0.2, -0.15) is 0 Å². The largest absolute Gasteiger partial charge is 0.450 e. The van der Waals surface area contributed by atoms with Crippen LogP contribution in [0.15, 0.2) is 58.6 Å². The molecular formula is C27H34N6O6S. The van der Waals surface area contributed by atoms with E-state index < -0.39 is 21.8 Å². The zero-order valence-electron chi connectivity index (χ0n) is 22.2. The molecule has 2 amide bonds. The monoisotopic (exact) mass is 570 g/mol. The van der Waals surface area contributed by atoms with Crippen LogP contribution < -0.4 is 22.1 Å². The first-order valence-electron chi connectivity index (χ1n) is 13.1. The Kier molecular flexibility index (Phi) is 8.95. The van der Waals surface area contributed by atoms with Crippen LogP contribution in [-0.2, 0) is 21.1 Å². The number of sulfone groups is 1. The zero-order valence-corrected chi connectivity index (χ0v) is 23.0. The average molecular weight is 571 g/mol. The summed E-state index contributed by atoms with van der Waals surface area (Å²) in [5, 5.41) is 18.4. The van der Waals surface area contributed by atoms with Crippen molar-refractivity contribution in [2.45, 2.75) is 56.1 Å². The Morgan fingerprint density at radius 1 is 1.12 bits per heavy atom. The molecule has 214 valence electrons. The summed E-state index contributed by atoms with van der Waals surface area (Å²) in [6, 6.07) is 12.7. The first-order chi connectivity index (χ1) is 19.1. The highest BCUT2D eigenvalue weighted by molar-refractivity contribution is 7.91. The molecule has 1 heterocycles. The Labute approximate surface area is 232 Å². The van der Waals surface area contributed by atoms with Gasteiger partial charge in [-0.05, 0) is 56.9 Å². The van der Waals surface area contributed by atoms with Crippen molar-refractivity contribution in [3.63, 3.8) is 0 Å². The number of nitrogens with one attached hydrogen (secondary N) is 2. The maximum Gasteiger partial charge on any atom is 0.411 e. The number of oxime groups is 1. The number of aryl methyl sites for hydroxylation is 1. The van der Waals surface area contributed by atoms with Gasteiger partial charge in [0.15, 0.2) is 15.7 Å². The molecule has 12 nitrogen and oxygen atoms in total. The molecule has 2 aromatic carbocycles. The molecule has 0 aliphatic heterocycles. The average Bonchev–Trinajstić information content (AvgIpc) is 3.25. The molecule has 1 aromatic heterocycles. The second kappa shape index (κ2) is 12.4. The van der Waals surface area contributed by atoms with E-state index in [1.165, 1.54) is 16.7 Å². The van der Waals surface area contributed by atoms with Crippen LogP contribution in [0.3, 0.4) is 0 Å². The van der Waals surface area contributed by atoms with Crippen LogP contribution in [0, 0.1) is 0 Å². The van der Waals surface area contributed by atoms with Crippen molar-refractivity contribution in [1.29, 1.82) is 0 Å². The third kappa shape index (κ3) is 6.37. The van der Waals surface area contributed by atoms with E-state index in [9.17, 15) is 23.2 Å². The van der Waals surface area contributed by atoms with Crippen LogP contribution in [0.1, 0.15) is 48.7 Å². The van der Waals surface area contributed by atoms with Gasteiger partial charge < -0.3 is 31.3 Å². The van der Waals surface area contributed by atoms with E-state index in [2.05, 4.69) is 15.8 Å². The SMILES string of the molecule is CCOC(=O)Nc1c(C(=O)N[C@H]2CC[C@H](N)CC2)n(CCS(=O)(=O)c2ccccc2)c2cc(/C(N)=N/O)ccc12. The molecule has 0 atom stereocenters. The molecule has 0 bridgehead atoms. The molecule has 7 N–H and O–H groups in total. The van der Waals surface area contributed by atoms with Crippen LogP contribution in [0.25, 0.3) is 10.9 Å². The normalized spacial score (nSPS) is 17.9. The lowest BCUT2D eigenvalue weighted by molar-refractivity contribution is 0.0918. The van der Waals surface area contributed by atoms with Gasteiger partial charge in [0.25, 0.3) is 5.91 Å². The molecule has 1 fully saturated rings. The van der Waals surface area contributed by atoms with Gasteiger partial charge in [-0.15, -0.1) is 0 Å². The number of carbonyl (C=O) groups excluding carboxylic acids is 2. The van der Waals surface area contributed by atoms with Crippen molar-refractivity contribution < 1.29 is 28.0 Å². The zero-order chi connectivity index (χ0) is 28.9. The number of hydrogen-bond donors (Lipinski definition) is 5. The number of fused-ring (bicyclic) bond motifs is 1. The number of anilines is 1. The van der Waals surface area contributed by atoms with Crippen molar-refractivity contribution in [3.05, 3.63) is 59.8 Å². The quantitative estimate of drug-likeness (QED) is 0.112. The third-order valence-electron chi connectivity index (χ3n) is 6.98. The minimum absolute atomic E-state index is 0.0674. The highest BCUT2D eigenvalue weighted by Crippen LogP contribution is 2.33. The number of amidine groups is 1. The van der Waals surface area contributed by atoms with E-state index in [1.807, 2.05) is 0 Å². The Balaban J connectivity index is 1.83. The highest BCUT2D eigenvalue weighted by Gasteiger charge is 2.29. The van der Waals surface area contributed by atoms with E-state index in [1.54, 1.807) is 43.3 Å². The summed E-state index contributed by atoms with van der Waals surface area (Å²) < 4.78 is 33.0. The maximum absolute atomic E-state index is 13.8. The third-order valence-corrected chi connectivity index (χ3v) is 8.69. The molecular weight excluding hydrogens is 536 g/mol. The molecule has 0 saturated heterocycles.